The molecule has 0 fully saturated rings. The fourth-order valence-electron chi connectivity index (χ4n) is 1.39. The highest BCUT2D eigenvalue weighted by Crippen LogP contribution is 1.94. The monoisotopic (exact) mass is 356 g/mol. The van der Waals surface area contributed by atoms with Gasteiger partial charge in [0.25, 0.3) is 0 Å². The van der Waals surface area contributed by atoms with Gasteiger partial charge >= 0.3 is 0 Å². The van der Waals surface area contributed by atoms with Crippen molar-refractivity contribution in [1.29, 1.82) is 0 Å². The molecule has 0 aromatic rings. The molecule has 17 heavy (non-hydrogen) atoms. The second-order valence-electron chi connectivity index (χ2n) is 5.15. The summed E-state index contributed by atoms with van der Waals surface area (Å²) in [5, 5.41) is 0. The Morgan fingerprint density at radius 1 is 0.647 bits per heavy atom. The van der Waals surface area contributed by atoms with Crippen LogP contribution >= 0.6 is 22.6 Å². The minimum absolute atomic E-state index is 1.10. The zero-order valence-corrected chi connectivity index (χ0v) is 14.3. The van der Waals surface area contributed by atoms with Crippen molar-refractivity contribution in [3.8, 4) is 0 Å². The zero-order valence-electron chi connectivity index (χ0n) is 12.1. The fraction of sp³-hybridized carbons (Fsp3) is 1.00. The van der Waals surface area contributed by atoms with Crippen LogP contribution < -0.4 is 0 Å². The molecular weight excluding hydrogens is 327 g/mol. The van der Waals surface area contributed by atoms with Crippen LogP contribution in [-0.4, -0.2) is 98.7 Å². The van der Waals surface area contributed by atoms with Gasteiger partial charge in [0.1, 0.15) is 0 Å². The highest BCUT2D eigenvalue weighted by Gasteiger charge is 2.07. The van der Waals surface area contributed by atoms with E-state index in [-0.39, 0.29) is 0 Å². The topological polar surface area (TPSA) is 13.0 Å². The molecule has 0 bridgehead atoms. The summed E-state index contributed by atoms with van der Waals surface area (Å²) in [5.74, 6) is 0. The van der Waals surface area contributed by atoms with E-state index in [4.69, 9.17) is 0 Å². The van der Waals surface area contributed by atoms with Crippen molar-refractivity contribution in [2.75, 3.05) is 79.1 Å². The predicted octanol–water partition coefficient (Wildman–Crippen LogP) is 0.736. The number of alkyl halides is 1. The summed E-state index contributed by atoms with van der Waals surface area (Å²) < 4.78 is 1.10. The van der Waals surface area contributed by atoms with E-state index in [0.717, 1.165) is 37.3 Å². The molecule has 0 aromatic carbocycles. The molecule has 0 rings (SSSR count). The third-order valence-corrected chi connectivity index (χ3v) is 3.89. The predicted molar refractivity (Wildman–Crippen MR) is 85.1 cm³/mol. The lowest BCUT2D eigenvalue weighted by molar-refractivity contribution is 0.200. The van der Waals surface area contributed by atoms with E-state index in [0.29, 0.717) is 0 Å². The molecular formula is C12H29IN4. The van der Waals surface area contributed by atoms with Crippen molar-refractivity contribution in [3.05, 3.63) is 0 Å². The Hall–Kier alpha value is 0.570. The third kappa shape index (κ3) is 11.4. The Morgan fingerprint density at radius 3 is 1.41 bits per heavy atom. The fourth-order valence-corrected chi connectivity index (χ4v) is 1.73. The summed E-state index contributed by atoms with van der Waals surface area (Å²) in [7, 11) is 10.7. The number of likely N-dealkylation sites (N-methyl/N-ethyl adjacent to an activating group) is 3. The Morgan fingerprint density at radius 2 is 1.06 bits per heavy atom. The molecule has 0 spiro atoms. The van der Waals surface area contributed by atoms with Crippen molar-refractivity contribution >= 4 is 22.6 Å². The van der Waals surface area contributed by atoms with Crippen LogP contribution in [0.5, 0.6) is 0 Å². The normalized spacial score (nSPS) is 12.4. The first-order valence-electron chi connectivity index (χ1n) is 6.22. The van der Waals surface area contributed by atoms with Crippen LogP contribution in [0.1, 0.15) is 0 Å². The van der Waals surface area contributed by atoms with Crippen LogP contribution in [0.4, 0.5) is 0 Å². The molecule has 0 amide bonds. The van der Waals surface area contributed by atoms with Gasteiger partial charge in [-0.25, -0.2) is 0 Å². The molecule has 0 radical (unpaired) electrons. The number of halogens is 1. The van der Waals surface area contributed by atoms with Crippen molar-refractivity contribution in [1.82, 2.24) is 19.6 Å². The summed E-state index contributed by atoms with van der Waals surface area (Å²) in [4.78, 5) is 9.43. The lowest BCUT2D eigenvalue weighted by Crippen LogP contribution is -2.40. The molecule has 0 aliphatic rings. The van der Waals surface area contributed by atoms with Crippen molar-refractivity contribution in [2.24, 2.45) is 0 Å². The Kier molecular flexibility index (Phi) is 10.8. The van der Waals surface area contributed by atoms with Crippen LogP contribution in [0.3, 0.4) is 0 Å². The van der Waals surface area contributed by atoms with Gasteiger partial charge in [-0.05, 0) is 35.2 Å². The number of hydrogen-bond donors (Lipinski definition) is 0. The maximum absolute atomic E-state index is 2.56. The number of hydrogen-bond acceptors (Lipinski definition) is 4. The van der Waals surface area contributed by atoms with E-state index < -0.39 is 0 Å². The van der Waals surface area contributed by atoms with Crippen molar-refractivity contribution < 1.29 is 0 Å². The molecule has 0 unspecified atom stereocenters. The highest BCUT2D eigenvalue weighted by molar-refractivity contribution is 14.1. The maximum atomic E-state index is 2.56. The summed E-state index contributed by atoms with van der Waals surface area (Å²) in [6, 6.07) is 0. The molecule has 0 N–H and O–H groups in total. The summed E-state index contributed by atoms with van der Waals surface area (Å²) in [6.07, 6.45) is 0. The second-order valence-corrected chi connectivity index (χ2v) is 5.83. The van der Waals surface area contributed by atoms with Gasteiger partial charge in [0.2, 0.25) is 0 Å². The summed E-state index contributed by atoms with van der Waals surface area (Å²) in [6.45, 7) is 6.93. The second kappa shape index (κ2) is 10.5. The standard InChI is InChI=1S/C12H29IN4/c1-14(2)6-9-17(10-7-15(3)4)11-8-16(5)12-13/h6-12H2,1-5H3. The minimum atomic E-state index is 1.10. The van der Waals surface area contributed by atoms with Crippen LogP contribution in [0.15, 0.2) is 0 Å². The van der Waals surface area contributed by atoms with E-state index in [2.05, 4.69) is 77.4 Å². The van der Waals surface area contributed by atoms with E-state index in [1.807, 2.05) is 0 Å². The van der Waals surface area contributed by atoms with Gasteiger partial charge in [0, 0.05) is 39.3 Å². The smallest absolute Gasteiger partial charge is 0.0503 e. The zero-order chi connectivity index (χ0) is 13.3. The summed E-state index contributed by atoms with van der Waals surface area (Å²) >= 11 is 2.42. The van der Waals surface area contributed by atoms with Crippen LogP contribution in [-0.2, 0) is 0 Å². The molecule has 0 aliphatic carbocycles. The van der Waals surface area contributed by atoms with E-state index in [1.54, 1.807) is 0 Å². The third-order valence-electron chi connectivity index (χ3n) is 2.73. The lowest BCUT2D eigenvalue weighted by atomic mass is 10.4. The Balaban J connectivity index is 3.92. The average Bonchev–Trinajstić information content (AvgIpc) is 2.26. The first-order valence-corrected chi connectivity index (χ1v) is 7.74. The van der Waals surface area contributed by atoms with Gasteiger partial charge in [0.15, 0.2) is 0 Å². The quantitative estimate of drug-likeness (QED) is 0.325. The largest absolute Gasteiger partial charge is 0.308 e. The van der Waals surface area contributed by atoms with E-state index in [9.17, 15) is 0 Å². The van der Waals surface area contributed by atoms with E-state index in [1.165, 1.54) is 6.54 Å². The van der Waals surface area contributed by atoms with Crippen LogP contribution in [0.2, 0.25) is 0 Å². The maximum Gasteiger partial charge on any atom is 0.0503 e. The molecule has 0 aliphatic heterocycles. The van der Waals surface area contributed by atoms with Crippen LogP contribution in [0.25, 0.3) is 0 Å². The van der Waals surface area contributed by atoms with Gasteiger partial charge < -0.3 is 9.80 Å². The van der Waals surface area contributed by atoms with Gasteiger partial charge in [-0.2, -0.15) is 0 Å². The Labute approximate surface area is 121 Å². The first-order chi connectivity index (χ1) is 7.95. The SMILES string of the molecule is CN(C)CCN(CCN(C)C)CCN(C)CI. The van der Waals surface area contributed by atoms with Crippen molar-refractivity contribution in [2.45, 2.75) is 0 Å². The Bertz CT molecular complexity index is 164. The highest BCUT2D eigenvalue weighted by atomic mass is 127. The molecule has 0 saturated carbocycles. The first kappa shape index (κ1) is 17.6. The average molecular weight is 356 g/mol. The minimum Gasteiger partial charge on any atom is -0.308 e. The molecule has 104 valence electrons. The molecule has 5 heteroatoms. The number of rotatable bonds is 10. The number of nitrogens with zero attached hydrogens (tertiary/aromatic N) is 4. The molecule has 0 aromatic heterocycles. The van der Waals surface area contributed by atoms with Crippen LogP contribution in [0, 0.1) is 0 Å². The molecule has 4 nitrogen and oxygen atoms in total. The van der Waals surface area contributed by atoms with Gasteiger partial charge in [-0.1, -0.05) is 22.6 Å². The van der Waals surface area contributed by atoms with Crippen molar-refractivity contribution in [3.63, 3.8) is 0 Å². The molecule has 0 atom stereocenters. The molecule has 0 saturated heterocycles. The summed E-state index contributed by atoms with van der Waals surface area (Å²) in [5.41, 5.74) is 0. The lowest BCUT2D eigenvalue weighted by Gasteiger charge is -2.27. The van der Waals surface area contributed by atoms with Gasteiger partial charge in [0.05, 0.1) is 4.55 Å². The van der Waals surface area contributed by atoms with Gasteiger partial charge in [-0.3, -0.25) is 9.80 Å². The van der Waals surface area contributed by atoms with E-state index >= 15 is 0 Å². The van der Waals surface area contributed by atoms with Gasteiger partial charge in [-0.15, -0.1) is 0 Å². The molecule has 0 heterocycles.